The van der Waals surface area contributed by atoms with Crippen LogP contribution in [0.2, 0.25) is 0 Å². The molecular weight excluding hydrogens is 208 g/mol. The fourth-order valence-corrected chi connectivity index (χ4v) is 2.77. The van der Waals surface area contributed by atoms with Gasteiger partial charge < -0.3 is 4.74 Å². The van der Waals surface area contributed by atoms with Crippen LogP contribution in [0.1, 0.15) is 23.2 Å². The fourth-order valence-electron chi connectivity index (χ4n) is 1.60. The van der Waals surface area contributed by atoms with E-state index in [1.807, 2.05) is 30.0 Å². The molecule has 1 heterocycles. The largest absolute Gasteiger partial charge is 0.461 e. The van der Waals surface area contributed by atoms with Gasteiger partial charge >= 0.3 is 5.97 Å². The lowest BCUT2D eigenvalue weighted by Gasteiger charge is -2.09. The van der Waals surface area contributed by atoms with Gasteiger partial charge in [-0.25, -0.2) is 4.79 Å². The molecule has 0 bridgehead atoms. The normalized spacial score (nSPS) is 20.1. The standard InChI is InChI=1S/C12H14O2S/c13-12(10-5-2-1-3-6-10)14-9-11-7-4-8-15-11/h1-3,5-6,11H,4,7-9H2/t11-/m0/s1. The van der Waals surface area contributed by atoms with E-state index >= 15 is 0 Å². The minimum atomic E-state index is -0.205. The topological polar surface area (TPSA) is 26.3 Å². The molecule has 1 atom stereocenters. The number of benzene rings is 1. The number of thioether (sulfide) groups is 1. The Bertz CT molecular complexity index is 318. The Kier molecular flexibility index (Phi) is 3.67. The maximum absolute atomic E-state index is 11.6. The average molecular weight is 222 g/mol. The Morgan fingerprint density at radius 3 is 2.87 bits per heavy atom. The van der Waals surface area contributed by atoms with E-state index in [1.165, 1.54) is 18.6 Å². The first-order chi connectivity index (χ1) is 7.36. The average Bonchev–Trinajstić information content (AvgIpc) is 2.80. The lowest BCUT2D eigenvalue weighted by atomic mass is 10.2. The Morgan fingerprint density at radius 2 is 2.20 bits per heavy atom. The van der Waals surface area contributed by atoms with Crippen molar-refractivity contribution in [3.05, 3.63) is 35.9 Å². The highest BCUT2D eigenvalue weighted by atomic mass is 32.2. The highest BCUT2D eigenvalue weighted by Crippen LogP contribution is 2.26. The van der Waals surface area contributed by atoms with Crippen molar-refractivity contribution in [3.63, 3.8) is 0 Å². The zero-order chi connectivity index (χ0) is 10.5. The molecule has 1 aromatic rings. The molecule has 0 radical (unpaired) electrons. The number of hydrogen-bond donors (Lipinski definition) is 0. The summed E-state index contributed by atoms with van der Waals surface area (Å²) < 4.78 is 5.25. The third-order valence-corrected chi connectivity index (χ3v) is 3.80. The van der Waals surface area contributed by atoms with Gasteiger partial charge in [-0.1, -0.05) is 18.2 Å². The minimum Gasteiger partial charge on any atom is -0.461 e. The number of ether oxygens (including phenoxy) is 1. The summed E-state index contributed by atoms with van der Waals surface area (Å²) >= 11 is 1.90. The van der Waals surface area contributed by atoms with Crippen molar-refractivity contribution in [2.45, 2.75) is 18.1 Å². The smallest absolute Gasteiger partial charge is 0.338 e. The molecule has 0 saturated carbocycles. The lowest BCUT2D eigenvalue weighted by Crippen LogP contribution is -2.13. The molecule has 0 unspecified atom stereocenters. The van der Waals surface area contributed by atoms with E-state index in [9.17, 15) is 4.79 Å². The maximum atomic E-state index is 11.6. The van der Waals surface area contributed by atoms with E-state index in [0.717, 1.165) is 0 Å². The van der Waals surface area contributed by atoms with Gasteiger partial charge in [0.2, 0.25) is 0 Å². The highest BCUT2D eigenvalue weighted by Gasteiger charge is 2.17. The van der Waals surface area contributed by atoms with Crippen molar-refractivity contribution in [3.8, 4) is 0 Å². The monoisotopic (exact) mass is 222 g/mol. The molecule has 3 heteroatoms. The summed E-state index contributed by atoms with van der Waals surface area (Å²) in [6.07, 6.45) is 2.42. The Morgan fingerprint density at radius 1 is 1.40 bits per heavy atom. The van der Waals surface area contributed by atoms with Crippen LogP contribution in [0, 0.1) is 0 Å². The van der Waals surface area contributed by atoms with Crippen LogP contribution in [-0.2, 0) is 4.74 Å². The Labute approximate surface area is 94.0 Å². The molecule has 1 saturated heterocycles. The summed E-state index contributed by atoms with van der Waals surface area (Å²) in [7, 11) is 0. The minimum absolute atomic E-state index is 0.205. The van der Waals surface area contributed by atoms with Crippen LogP contribution in [0.3, 0.4) is 0 Å². The van der Waals surface area contributed by atoms with Gasteiger partial charge in [-0.3, -0.25) is 0 Å². The summed E-state index contributed by atoms with van der Waals surface area (Å²) in [6.45, 7) is 0.554. The summed E-state index contributed by atoms with van der Waals surface area (Å²) in [4.78, 5) is 11.6. The predicted molar refractivity (Wildman–Crippen MR) is 62.2 cm³/mol. The predicted octanol–water partition coefficient (Wildman–Crippen LogP) is 2.74. The Hall–Kier alpha value is -0.960. The van der Waals surface area contributed by atoms with Gasteiger partial charge in [-0.2, -0.15) is 11.8 Å². The first-order valence-electron chi connectivity index (χ1n) is 5.20. The third kappa shape index (κ3) is 2.99. The molecule has 0 aliphatic carbocycles. The van der Waals surface area contributed by atoms with E-state index < -0.39 is 0 Å². The fraction of sp³-hybridized carbons (Fsp3) is 0.417. The van der Waals surface area contributed by atoms with Crippen LogP contribution in [0.15, 0.2) is 30.3 Å². The molecule has 15 heavy (non-hydrogen) atoms. The molecule has 1 aromatic carbocycles. The van der Waals surface area contributed by atoms with Crippen LogP contribution in [0.25, 0.3) is 0 Å². The number of hydrogen-bond acceptors (Lipinski definition) is 3. The van der Waals surface area contributed by atoms with Gasteiger partial charge in [0.1, 0.15) is 6.61 Å². The van der Waals surface area contributed by atoms with Crippen molar-refractivity contribution in [2.75, 3.05) is 12.4 Å². The maximum Gasteiger partial charge on any atom is 0.338 e. The van der Waals surface area contributed by atoms with Crippen LogP contribution >= 0.6 is 11.8 Å². The van der Waals surface area contributed by atoms with Crippen molar-refractivity contribution in [2.24, 2.45) is 0 Å². The zero-order valence-corrected chi connectivity index (χ0v) is 9.33. The molecule has 0 N–H and O–H groups in total. The van der Waals surface area contributed by atoms with Gasteiger partial charge in [-0.15, -0.1) is 0 Å². The van der Waals surface area contributed by atoms with E-state index in [2.05, 4.69) is 0 Å². The highest BCUT2D eigenvalue weighted by molar-refractivity contribution is 8.00. The molecular formula is C12H14O2S. The van der Waals surface area contributed by atoms with Gasteiger partial charge in [0.15, 0.2) is 0 Å². The van der Waals surface area contributed by atoms with Crippen LogP contribution in [0.4, 0.5) is 0 Å². The van der Waals surface area contributed by atoms with E-state index in [4.69, 9.17) is 4.74 Å². The van der Waals surface area contributed by atoms with E-state index in [-0.39, 0.29) is 5.97 Å². The van der Waals surface area contributed by atoms with Crippen molar-refractivity contribution in [1.82, 2.24) is 0 Å². The van der Waals surface area contributed by atoms with Crippen LogP contribution in [-0.4, -0.2) is 23.6 Å². The molecule has 1 fully saturated rings. The summed E-state index contributed by atoms with van der Waals surface area (Å²) in [6, 6.07) is 9.15. The van der Waals surface area contributed by atoms with Crippen molar-refractivity contribution >= 4 is 17.7 Å². The molecule has 2 rings (SSSR count). The van der Waals surface area contributed by atoms with Gasteiger partial charge in [-0.05, 0) is 30.7 Å². The second-order valence-electron chi connectivity index (χ2n) is 3.60. The second-order valence-corrected chi connectivity index (χ2v) is 5.01. The van der Waals surface area contributed by atoms with E-state index in [1.54, 1.807) is 12.1 Å². The van der Waals surface area contributed by atoms with Gasteiger partial charge in [0, 0.05) is 5.25 Å². The SMILES string of the molecule is O=C(OC[C@@H]1CCCS1)c1ccccc1. The molecule has 1 aliphatic heterocycles. The number of rotatable bonds is 3. The van der Waals surface area contributed by atoms with Gasteiger partial charge in [0.05, 0.1) is 5.56 Å². The molecule has 1 aliphatic rings. The zero-order valence-electron chi connectivity index (χ0n) is 8.52. The van der Waals surface area contributed by atoms with Crippen molar-refractivity contribution < 1.29 is 9.53 Å². The van der Waals surface area contributed by atoms with Gasteiger partial charge in [0.25, 0.3) is 0 Å². The number of carbonyl (C=O) groups is 1. The molecule has 0 amide bonds. The first-order valence-corrected chi connectivity index (χ1v) is 6.25. The second kappa shape index (κ2) is 5.21. The summed E-state index contributed by atoms with van der Waals surface area (Å²) in [5, 5.41) is 0.512. The lowest BCUT2D eigenvalue weighted by molar-refractivity contribution is 0.0506. The number of esters is 1. The van der Waals surface area contributed by atoms with E-state index in [0.29, 0.717) is 17.4 Å². The molecule has 80 valence electrons. The third-order valence-electron chi connectivity index (χ3n) is 2.43. The quantitative estimate of drug-likeness (QED) is 0.736. The van der Waals surface area contributed by atoms with Crippen LogP contribution in [0.5, 0.6) is 0 Å². The van der Waals surface area contributed by atoms with Crippen LogP contribution < -0.4 is 0 Å². The number of carbonyl (C=O) groups excluding carboxylic acids is 1. The Balaban J connectivity index is 1.82. The molecule has 0 aromatic heterocycles. The molecule has 0 spiro atoms. The first kappa shape index (κ1) is 10.6. The molecule has 2 nitrogen and oxygen atoms in total. The van der Waals surface area contributed by atoms with Crippen molar-refractivity contribution in [1.29, 1.82) is 0 Å². The summed E-state index contributed by atoms with van der Waals surface area (Å²) in [5.74, 6) is 0.996. The summed E-state index contributed by atoms with van der Waals surface area (Å²) in [5.41, 5.74) is 0.639.